The van der Waals surface area contributed by atoms with Gasteiger partial charge in [-0.2, -0.15) is 5.26 Å². The van der Waals surface area contributed by atoms with Crippen molar-refractivity contribution in [3.8, 4) is 34.4 Å². The highest BCUT2D eigenvalue weighted by atomic mass is 15.6. The van der Waals surface area contributed by atoms with Crippen molar-refractivity contribution in [3.63, 3.8) is 0 Å². The predicted octanol–water partition coefficient (Wildman–Crippen LogP) is 3.72. The molecule has 4 heterocycles. The first-order valence-corrected chi connectivity index (χ1v) is 11.4. The Morgan fingerprint density at radius 2 is 1.88 bits per heavy atom. The first kappa shape index (κ1) is 19.9. The van der Waals surface area contributed by atoms with Gasteiger partial charge in [0.25, 0.3) is 0 Å². The second-order valence-electron chi connectivity index (χ2n) is 9.32. The molecule has 0 amide bonds. The van der Waals surface area contributed by atoms with Crippen molar-refractivity contribution < 1.29 is 0 Å². The van der Waals surface area contributed by atoms with E-state index in [-0.39, 0.29) is 0 Å². The molecule has 4 aromatic rings. The molecule has 2 aliphatic rings. The molecule has 7 nitrogen and oxygen atoms in total. The molecular formula is C26H27N7. The van der Waals surface area contributed by atoms with Crippen LogP contribution in [0.25, 0.3) is 28.3 Å². The average molecular weight is 438 g/mol. The van der Waals surface area contributed by atoms with E-state index >= 15 is 0 Å². The summed E-state index contributed by atoms with van der Waals surface area (Å²) in [5.74, 6) is 0.970. The standard InChI is InChI=1S/C26H27N7/c1-29(2)23-10-11-31(17-23)22-8-9-24-21(12-22)16-32-15-20(19-6-4-18(14-27)5-7-19)13-25(32)26-28-30(3)33(24)26/h4-9,12-13,15,23H,10-11,16-17H2,1-3H3/t23-/m1/s1. The van der Waals surface area contributed by atoms with E-state index < -0.39 is 0 Å². The number of fused-ring (bicyclic) bond motifs is 5. The van der Waals surface area contributed by atoms with E-state index in [4.69, 9.17) is 10.4 Å². The number of aryl methyl sites for hydroxylation is 1. The Labute approximate surface area is 193 Å². The maximum atomic E-state index is 9.11. The first-order valence-electron chi connectivity index (χ1n) is 11.4. The Balaban J connectivity index is 1.39. The Kier molecular flexibility index (Phi) is 4.46. The number of aromatic nitrogens is 4. The molecule has 33 heavy (non-hydrogen) atoms. The summed E-state index contributed by atoms with van der Waals surface area (Å²) >= 11 is 0. The van der Waals surface area contributed by atoms with Gasteiger partial charge in [0.1, 0.15) is 0 Å². The smallest absolute Gasteiger partial charge is 0.199 e. The molecule has 1 atom stereocenters. The summed E-state index contributed by atoms with van der Waals surface area (Å²) in [5.41, 5.74) is 7.81. The lowest BCUT2D eigenvalue weighted by Gasteiger charge is -2.24. The fourth-order valence-corrected chi connectivity index (χ4v) is 5.16. The van der Waals surface area contributed by atoms with Crippen LogP contribution in [0, 0.1) is 11.3 Å². The fraction of sp³-hybridized carbons (Fsp3) is 0.308. The summed E-state index contributed by atoms with van der Waals surface area (Å²) < 4.78 is 4.50. The molecule has 6 rings (SSSR count). The topological polar surface area (TPSA) is 58.0 Å². The Morgan fingerprint density at radius 3 is 2.58 bits per heavy atom. The van der Waals surface area contributed by atoms with Gasteiger partial charge in [-0.05, 0) is 68.0 Å². The van der Waals surface area contributed by atoms with Gasteiger partial charge in [-0.25, -0.2) is 9.48 Å². The molecule has 2 aromatic carbocycles. The monoisotopic (exact) mass is 437 g/mol. The van der Waals surface area contributed by atoms with Crippen molar-refractivity contribution in [2.45, 2.75) is 19.0 Å². The van der Waals surface area contributed by atoms with Crippen molar-refractivity contribution in [1.82, 2.24) is 24.0 Å². The molecule has 166 valence electrons. The third-order valence-corrected chi connectivity index (χ3v) is 7.09. The maximum Gasteiger partial charge on any atom is 0.199 e. The van der Waals surface area contributed by atoms with Gasteiger partial charge < -0.3 is 14.4 Å². The van der Waals surface area contributed by atoms with Crippen LogP contribution in [0.1, 0.15) is 17.5 Å². The fourth-order valence-electron chi connectivity index (χ4n) is 5.16. The average Bonchev–Trinajstić information content (AvgIpc) is 3.45. The van der Waals surface area contributed by atoms with Gasteiger partial charge in [-0.15, -0.1) is 5.10 Å². The van der Waals surface area contributed by atoms with E-state index in [2.05, 4.69) is 69.7 Å². The van der Waals surface area contributed by atoms with Crippen LogP contribution in [-0.4, -0.2) is 57.3 Å². The van der Waals surface area contributed by atoms with Crippen LogP contribution in [0.15, 0.2) is 54.7 Å². The maximum absolute atomic E-state index is 9.11. The number of likely N-dealkylation sites (N-methyl/N-ethyl adjacent to an activating group) is 1. The van der Waals surface area contributed by atoms with Crippen LogP contribution in [0.5, 0.6) is 0 Å². The molecule has 0 unspecified atom stereocenters. The minimum atomic E-state index is 0.607. The van der Waals surface area contributed by atoms with Gasteiger partial charge in [0.05, 0.1) is 23.0 Å². The van der Waals surface area contributed by atoms with Gasteiger partial charge in [-0.1, -0.05) is 12.1 Å². The molecule has 1 fully saturated rings. The summed E-state index contributed by atoms with van der Waals surface area (Å²) in [6.07, 6.45) is 3.40. The molecule has 0 radical (unpaired) electrons. The van der Waals surface area contributed by atoms with Crippen LogP contribution in [0.2, 0.25) is 0 Å². The van der Waals surface area contributed by atoms with Crippen LogP contribution >= 0.6 is 0 Å². The number of nitriles is 1. The van der Waals surface area contributed by atoms with Gasteiger partial charge in [0.15, 0.2) is 5.82 Å². The molecule has 0 N–H and O–H groups in total. The highest BCUT2D eigenvalue weighted by Gasteiger charge is 2.28. The normalized spacial score (nSPS) is 16.9. The lowest BCUT2D eigenvalue weighted by molar-refractivity contribution is 0.315. The van der Waals surface area contributed by atoms with Gasteiger partial charge in [0.2, 0.25) is 0 Å². The Bertz CT molecular complexity index is 1380. The van der Waals surface area contributed by atoms with E-state index in [9.17, 15) is 0 Å². The third kappa shape index (κ3) is 3.18. The molecule has 0 saturated carbocycles. The van der Waals surface area contributed by atoms with Crippen LogP contribution in [0.4, 0.5) is 5.69 Å². The van der Waals surface area contributed by atoms with Gasteiger partial charge in [-0.3, -0.25) is 0 Å². The van der Waals surface area contributed by atoms with Crippen molar-refractivity contribution in [3.05, 3.63) is 65.9 Å². The summed E-state index contributed by atoms with van der Waals surface area (Å²) in [7, 11) is 6.33. The molecule has 1 saturated heterocycles. The number of nitrogens with zero attached hydrogens (tertiary/aromatic N) is 7. The first-order chi connectivity index (χ1) is 16.0. The van der Waals surface area contributed by atoms with E-state index in [0.717, 1.165) is 42.3 Å². The minimum absolute atomic E-state index is 0.607. The summed E-state index contributed by atoms with van der Waals surface area (Å²) in [6.45, 7) is 2.96. The molecule has 0 aliphatic carbocycles. The van der Waals surface area contributed by atoms with Gasteiger partial charge >= 0.3 is 0 Å². The third-order valence-electron chi connectivity index (χ3n) is 7.09. The Hall–Kier alpha value is -3.76. The van der Waals surface area contributed by atoms with E-state index in [1.165, 1.54) is 23.4 Å². The highest BCUT2D eigenvalue weighted by molar-refractivity contribution is 5.72. The van der Waals surface area contributed by atoms with E-state index in [1.54, 1.807) is 0 Å². The second-order valence-corrected chi connectivity index (χ2v) is 9.32. The predicted molar refractivity (Wildman–Crippen MR) is 130 cm³/mol. The van der Waals surface area contributed by atoms with Crippen LogP contribution in [0.3, 0.4) is 0 Å². The lowest BCUT2D eigenvalue weighted by atomic mass is 10.1. The number of benzene rings is 2. The number of anilines is 1. The summed E-state index contributed by atoms with van der Waals surface area (Å²) in [5, 5.41) is 13.8. The zero-order chi connectivity index (χ0) is 22.7. The molecule has 7 heteroatoms. The zero-order valence-corrected chi connectivity index (χ0v) is 19.2. The van der Waals surface area contributed by atoms with E-state index in [1.807, 2.05) is 36.1 Å². The molecular weight excluding hydrogens is 410 g/mol. The molecule has 2 aromatic heterocycles. The number of rotatable bonds is 3. The minimum Gasteiger partial charge on any atom is -0.370 e. The number of hydrogen-bond acceptors (Lipinski definition) is 4. The van der Waals surface area contributed by atoms with Crippen LogP contribution in [-0.2, 0) is 13.6 Å². The van der Waals surface area contributed by atoms with Gasteiger partial charge in [0, 0.05) is 50.2 Å². The number of hydrogen-bond donors (Lipinski definition) is 0. The molecule has 2 aliphatic heterocycles. The summed E-state index contributed by atoms with van der Waals surface area (Å²) in [4.78, 5) is 6.75. The summed E-state index contributed by atoms with van der Waals surface area (Å²) in [6, 6.07) is 19.6. The largest absolute Gasteiger partial charge is 0.370 e. The SMILES string of the molecule is CN(C)[C@@H]1CCN(c2ccc3c(c2)Cn2cc(-c4ccc(C#N)cc4)cc2-c2nn(C)n2-3)C1. The van der Waals surface area contributed by atoms with Crippen molar-refractivity contribution >= 4 is 5.69 Å². The highest BCUT2D eigenvalue weighted by Crippen LogP contribution is 2.36. The van der Waals surface area contributed by atoms with Crippen molar-refractivity contribution in [2.24, 2.45) is 7.05 Å². The zero-order valence-electron chi connectivity index (χ0n) is 19.2. The molecule has 0 bridgehead atoms. The Morgan fingerprint density at radius 1 is 1.06 bits per heavy atom. The van der Waals surface area contributed by atoms with Crippen molar-refractivity contribution in [2.75, 3.05) is 32.1 Å². The quantitative estimate of drug-likeness (QED) is 0.432. The second kappa shape index (κ2) is 7.39. The lowest BCUT2D eigenvalue weighted by Crippen LogP contribution is -2.31. The van der Waals surface area contributed by atoms with E-state index in [0.29, 0.717) is 11.6 Å². The molecule has 0 spiro atoms. The van der Waals surface area contributed by atoms with Crippen LogP contribution < -0.4 is 4.90 Å². The van der Waals surface area contributed by atoms with Crippen molar-refractivity contribution in [1.29, 1.82) is 5.26 Å².